The summed E-state index contributed by atoms with van der Waals surface area (Å²) in [5, 5.41) is 3.74. The van der Waals surface area contributed by atoms with Gasteiger partial charge in [0.1, 0.15) is 0 Å². The molecule has 0 aromatic heterocycles. The third-order valence-corrected chi connectivity index (χ3v) is 6.35. The van der Waals surface area contributed by atoms with E-state index in [2.05, 4.69) is 125 Å². The van der Waals surface area contributed by atoms with E-state index in [9.17, 15) is 0 Å². The fourth-order valence-corrected chi connectivity index (χ4v) is 4.47. The van der Waals surface area contributed by atoms with Crippen LogP contribution in [-0.2, 0) is 0 Å². The lowest BCUT2D eigenvalue weighted by atomic mass is 9.92. The first-order valence-electron chi connectivity index (χ1n) is 11.5. The number of rotatable bonds is 5. The van der Waals surface area contributed by atoms with Crippen LogP contribution < -0.4 is 5.32 Å². The molecule has 0 fully saturated rings. The molecule has 0 bridgehead atoms. The number of benzene rings is 3. The summed E-state index contributed by atoms with van der Waals surface area (Å²) in [5.41, 5.74) is 12.9. The molecule has 4 rings (SSSR count). The van der Waals surface area contributed by atoms with Crippen molar-refractivity contribution in [3.05, 3.63) is 129 Å². The van der Waals surface area contributed by atoms with E-state index < -0.39 is 0 Å². The van der Waals surface area contributed by atoms with Crippen molar-refractivity contribution in [1.82, 2.24) is 0 Å². The molecule has 0 heterocycles. The van der Waals surface area contributed by atoms with Gasteiger partial charge in [-0.2, -0.15) is 0 Å². The monoisotopic (exact) mass is 419 g/mol. The molecule has 162 valence electrons. The summed E-state index contributed by atoms with van der Waals surface area (Å²) in [5.74, 6) is 0. The Morgan fingerprint density at radius 1 is 0.781 bits per heavy atom. The number of aryl methyl sites for hydroxylation is 5. The molecule has 1 aliphatic carbocycles. The average molecular weight is 420 g/mol. The smallest absolute Gasteiger partial charge is 0.0482 e. The highest BCUT2D eigenvalue weighted by atomic mass is 14.9. The molecule has 1 nitrogen and oxygen atoms in total. The minimum Gasteiger partial charge on any atom is -0.378 e. The zero-order chi connectivity index (χ0) is 22.7. The van der Waals surface area contributed by atoms with Gasteiger partial charge in [-0.1, -0.05) is 84.5 Å². The first-order valence-corrected chi connectivity index (χ1v) is 11.5. The van der Waals surface area contributed by atoms with E-state index in [1.165, 1.54) is 55.8 Å². The van der Waals surface area contributed by atoms with E-state index in [1.54, 1.807) is 0 Å². The fraction of sp³-hybridized carbons (Fsp3) is 0.226. The lowest BCUT2D eigenvalue weighted by Crippen LogP contribution is -2.19. The van der Waals surface area contributed by atoms with Crippen molar-refractivity contribution in [2.24, 2.45) is 0 Å². The largest absolute Gasteiger partial charge is 0.378 e. The van der Waals surface area contributed by atoms with Crippen LogP contribution in [0.1, 0.15) is 45.4 Å². The Balaban J connectivity index is 1.60. The van der Waals surface area contributed by atoms with Crippen molar-refractivity contribution < 1.29 is 0 Å². The quantitative estimate of drug-likeness (QED) is 0.441. The second-order valence-electron chi connectivity index (χ2n) is 9.05. The van der Waals surface area contributed by atoms with E-state index >= 15 is 0 Å². The Labute approximate surface area is 193 Å². The van der Waals surface area contributed by atoms with E-state index in [0.29, 0.717) is 6.04 Å². The second kappa shape index (κ2) is 9.44. The summed E-state index contributed by atoms with van der Waals surface area (Å²) in [7, 11) is 0. The van der Waals surface area contributed by atoms with Gasteiger partial charge in [-0.15, -0.1) is 0 Å². The summed E-state index contributed by atoms with van der Waals surface area (Å²) in [4.78, 5) is 0. The fourth-order valence-electron chi connectivity index (χ4n) is 4.47. The topological polar surface area (TPSA) is 12.0 Å². The van der Waals surface area contributed by atoms with Crippen molar-refractivity contribution in [1.29, 1.82) is 0 Å². The van der Waals surface area contributed by atoms with Gasteiger partial charge < -0.3 is 5.32 Å². The van der Waals surface area contributed by atoms with Gasteiger partial charge in [-0.3, -0.25) is 0 Å². The minimum atomic E-state index is 0.314. The summed E-state index contributed by atoms with van der Waals surface area (Å²) in [6, 6.07) is 22.3. The van der Waals surface area contributed by atoms with Crippen molar-refractivity contribution >= 4 is 11.3 Å². The summed E-state index contributed by atoms with van der Waals surface area (Å²) >= 11 is 0. The van der Waals surface area contributed by atoms with Gasteiger partial charge in [0, 0.05) is 11.7 Å². The predicted molar refractivity (Wildman–Crippen MR) is 139 cm³/mol. The molecule has 1 N–H and O–H groups in total. The highest BCUT2D eigenvalue weighted by Crippen LogP contribution is 2.29. The van der Waals surface area contributed by atoms with Crippen LogP contribution in [0.5, 0.6) is 0 Å². The van der Waals surface area contributed by atoms with Crippen LogP contribution in [0, 0.1) is 34.6 Å². The Kier molecular flexibility index (Phi) is 6.46. The zero-order valence-corrected chi connectivity index (χ0v) is 19.9. The van der Waals surface area contributed by atoms with Crippen molar-refractivity contribution in [2.75, 3.05) is 5.32 Å². The van der Waals surface area contributed by atoms with Crippen LogP contribution in [-0.4, -0.2) is 6.04 Å². The molecule has 0 radical (unpaired) electrons. The normalized spacial score (nSPS) is 16.1. The van der Waals surface area contributed by atoms with Crippen LogP contribution in [0.15, 0.2) is 90.5 Å². The van der Waals surface area contributed by atoms with E-state index in [-0.39, 0.29) is 0 Å². The molecule has 3 aromatic carbocycles. The molecule has 0 amide bonds. The molecule has 0 aliphatic heterocycles. The predicted octanol–water partition coefficient (Wildman–Crippen LogP) is 8.03. The SMILES string of the molecule is Cc1cc(C)c(NC2C=CC(C=C(c3ccccc3)c3ccc(C)c(C)c3)=CC2)c(C)c1. The molecule has 32 heavy (non-hydrogen) atoms. The summed E-state index contributed by atoms with van der Waals surface area (Å²) < 4.78 is 0. The third-order valence-electron chi connectivity index (χ3n) is 6.35. The van der Waals surface area contributed by atoms with Crippen LogP contribution in [0.2, 0.25) is 0 Å². The van der Waals surface area contributed by atoms with Gasteiger partial charge in [0.2, 0.25) is 0 Å². The van der Waals surface area contributed by atoms with Crippen molar-refractivity contribution in [3.8, 4) is 0 Å². The highest BCUT2D eigenvalue weighted by molar-refractivity contribution is 5.82. The second-order valence-corrected chi connectivity index (χ2v) is 9.05. The average Bonchev–Trinajstić information content (AvgIpc) is 2.78. The molecule has 0 saturated heterocycles. The van der Waals surface area contributed by atoms with Gasteiger partial charge in [-0.05, 0) is 91.6 Å². The van der Waals surface area contributed by atoms with E-state index in [0.717, 1.165) is 6.42 Å². The van der Waals surface area contributed by atoms with E-state index in [1.807, 2.05) is 0 Å². The first-order chi connectivity index (χ1) is 15.4. The summed E-state index contributed by atoms with van der Waals surface area (Å²) in [6.07, 6.45) is 10.2. The molecule has 3 aromatic rings. The Bertz CT molecular complexity index is 1190. The Morgan fingerprint density at radius 2 is 1.50 bits per heavy atom. The standard InChI is InChI=1S/C31H33N/c1-21-17-24(4)31(25(5)18-21)32-29-15-12-26(13-16-29)20-30(27-9-7-6-8-10-27)28-14-11-22(2)23(3)19-28/h6-15,17-20,29,32H,16H2,1-5H3. The number of anilines is 1. The van der Waals surface area contributed by atoms with Crippen molar-refractivity contribution in [3.63, 3.8) is 0 Å². The zero-order valence-electron chi connectivity index (χ0n) is 19.9. The lowest BCUT2D eigenvalue weighted by Gasteiger charge is -2.22. The molecular formula is C31H33N. The minimum absolute atomic E-state index is 0.314. The molecule has 1 heteroatoms. The van der Waals surface area contributed by atoms with Crippen LogP contribution in [0.25, 0.3) is 5.57 Å². The molecule has 1 aliphatic rings. The van der Waals surface area contributed by atoms with Crippen molar-refractivity contribution in [2.45, 2.75) is 47.1 Å². The molecular weight excluding hydrogens is 386 g/mol. The van der Waals surface area contributed by atoms with Gasteiger partial charge in [0.25, 0.3) is 0 Å². The lowest BCUT2D eigenvalue weighted by molar-refractivity contribution is 0.873. The molecule has 1 atom stereocenters. The van der Waals surface area contributed by atoms with Gasteiger partial charge in [-0.25, -0.2) is 0 Å². The Morgan fingerprint density at radius 3 is 2.12 bits per heavy atom. The third kappa shape index (κ3) is 4.94. The van der Waals surface area contributed by atoms with Gasteiger partial charge in [0.15, 0.2) is 0 Å². The van der Waals surface area contributed by atoms with Crippen LogP contribution in [0.4, 0.5) is 5.69 Å². The maximum Gasteiger partial charge on any atom is 0.0482 e. The maximum absolute atomic E-state index is 3.74. The number of hydrogen-bond donors (Lipinski definition) is 1. The van der Waals surface area contributed by atoms with Crippen LogP contribution >= 0.6 is 0 Å². The molecule has 0 saturated carbocycles. The summed E-state index contributed by atoms with van der Waals surface area (Å²) in [6.45, 7) is 10.9. The Hall–Kier alpha value is -3.32. The first kappa shape index (κ1) is 21.9. The van der Waals surface area contributed by atoms with Crippen LogP contribution in [0.3, 0.4) is 0 Å². The molecule has 0 spiro atoms. The van der Waals surface area contributed by atoms with E-state index in [4.69, 9.17) is 0 Å². The number of allylic oxidation sites excluding steroid dienone is 3. The van der Waals surface area contributed by atoms with Gasteiger partial charge in [0.05, 0.1) is 0 Å². The number of nitrogens with one attached hydrogen (secondary N) is 1. The maximum atomic E-state index is 3.74. The van der Waals surface area contributed by atoms with Gasteiger partial charge >= 0.3 is 0 Å². The molecule has 1 unspecified atom stereocenters. The highest BCUT2D eigenvalue weighted by Gasteiger charge is 2.13. The number of hydrogen-bond acceptors (Lipinski definition) is 1.